The van der Waals surface area contributed by atoms with Crippen LogP contribution in [0, 0.1) is 0 Å². The van der Waals surface area contributed by atoms with E-state index >= 15 is 0 Å². The van der Waals surface area contributed by atoms with Crippen molar-refractivity contribution in [2.75, 3.05) is 6.61 Å². The SMILES string of the molecule is CCOCc1cc2cccc(Cl)c2n1CC. The minimum absolute atomic E-state index is 0.648. The number of halogens is 1. The van der Waals surface area contributed by atoms with E-state index in [0.29, 0.717) is 6.61 Å². The molecule has 0 amide bonds. The molecule has 0 aliphatic heterocycles. The summed E-state index contributed by atoms with van der Waals surface area (Å²) in [4.78, 5) is 0. The smallest absolute Gasteiger partial charge is 0.0867 e. The highest BCUT2D eigenvalue weighted by molar-refractivity contribution is 6.35. The molecule has 0 aliphatic carbocycles. The van der Waals surface area contributed by atoms with Crippen LogP contribution in [0.25, 0.3) is 10.9 Å². The molecule has 0 spiro atoms. The zero-order chi connectivity index (χ0) is 11.5. The fourth-order valence-corrected chi connectivity index (χ4v) is 2.31. The number of ether oxygens (including phenoxy) is 1. The van der Waals surface area contributed by atoms with Gasteiger partial charge in [0.05, 0.1) is 17.1 Å². The number of aromatic nitrogens is 1. The lowest BCUT2D eigenvalue weighted by Gasteiger charge is -2.08. The Morgan fingerprint density at radius 3 is 2.81 bits per heavy atom. The lowest BCUT2D eigenvalue weighted by molar-refractivity contribution is 0.129. The second kappa shape index (κ2) is 4.89. The van der Waals surface area contributed by atoms with Crippen molar-refractivity contribution in [2.24, 2.45) is 0 Å². The third kappa shape index (κ3) is 1.95. The van der Waals surface area contributed by atoms with E-state index in [2.05, 4.69) is 23.6 Å². The Morgan fingerprint density at radius 2 is 2.12 bits per heavy atom. The zero-order valence-corrected chi connectivity index (χ0v) is 10.4. The molecule has 1 heterocycles. The first-order valence-electron chi connectivity index (χ1n) is 5.62. The van der Waals surface area contributed by atoms with Crippen molar-refractivity contribution in [1.29, 1.82) is 0 Å². The Hall–Kier alpha value is -0.990. The van der Waals surface area contributed by atoms with Crippen molar-refractivity contribution in [3.8, 4) is 0 Å². The van der Waals surface area contributed by atoms with Crippen molar-refractivity contribution in [3.05, 3.63) is 35.0 Å². The van der Waals surface area contributed by atoms with Gasteiger partial charge in [0.2, 0.25) is 0 Å². The molecule has 2 nitrogen and oxygen atoms in total. The fourth-order valence-electron chi connectivity index (χ4n) is 2.02. The van der Waals surface area contributed by atoms with Crippen LogP contribution in [0.4, 0.5) is 0 Å². The molecule has 0 atom stereocenters. The molecule has 16 heavy (non-hydrogen) atoms. The molecule has 2 rings (SSSR count). The lowest BCUT2D eigenvalue weighted by atomic mass is 10.2. The van der Waals surface area contributed by atoms with Gasteiger partial charge in [-0.25, -0.2) is 0 Å². The van der Waals surface area contributed by atoms with Gasteiger partial charge in [-0.05, 0) is 26.0 Å². The second-order valence-corrected chi connectivity index (χ2v) is 4.10. The Labute approximate surface area is 101 Å². The van der Waals surface area contributed by atoms with Gasteiger partial charge in [0.15, 0.2) is 0 Å². The zero-order valence-electron chi connectivity index (χ0n) is 9.66. The topological polar surface area (TPSA) is 14.2 Å². The Kier molecular flexibility index (Phi) is 3.52. The number of para-hydroxylation sites is 1. The van der Waals surface area contributed by atoms with Crippen LogP contribution in [0.15, 0.2) is 24.3 Å². The third-order valence-electron chi connectivity index (χ3n) is 2.73. The number of rotatable bonds is 4. The number of aryl methyl sites for hydroxylation is 1. The average Bonchev–Trinajstić information content (AvgIpc) is 2.65. The summed E-state index contributed by atoms with van der Waals surface area (Å²) in [6, 6.07) is 8.15. The van der Waals surface area contributed by atoms with Crippen LogP contribution in [0.3, 0.4) is 0 Å². The molecule has 3 heteroatoms. The quantitative estimate of drug-likeness (QED) is 0.788. The van der Waals surface area contributed by atoms with Crippen molar-refractivity contribution >= 4 is 22.5 Å². The summed E-state index contributed by atoms with van der Waals surface area (Å²) < 4.78 is 7.68. The van der Waals surface area contributed by atoms with Crippen LogP contribution in [0.1, 0.15) is 19.5 Å². The summed E-state index contributed by atoms with van der Waals surface area (Å²) in [5.74, 6) is 0. The van der Waals surface area contributed by atoms with E-state index in [1.165, 1.54) is 11.1 Å². The van der Waals surface area contributed by atoms with E-state index in [1.807, 2.05) is 19.1 Å². The van der Waals surface area contributed by atoms with Gasteiger partial charge in [0, 0.05) is 24.2 Å². The van der Waals surface area contributed by atoms with E-state index in [1.54, 1.807) is 0 Å². The number of benzene rings is 1. The first kappa shape index (κ1) is 11.5. The van der Waals surface area contributed by atoms with Crippen LogP contribution in [0.5, 0.6) is 0 Å². The minimum atomic E-state index is 0.648. The van der Waals surface area contributed by atoms with E-state index in [9.17, 15) is 0 Å². The van der Waals surface area contributed by atoms with Crippen LogP contribution < -0.4 is 0 Å². The monoisotopic (exact) mass is 237 g/mol. The predicted octanol–water partition coefficient (Wildman–Crippen LogP) is 3.85. The van der Waals surface area contributed by atoms with Crippen molar-refractivity contribution in [1.82, 2.24) is 4.57 Å². The molecule has 1 aromatic carbocycles. The Balaban J connectivity index is 2.53. The summed E-state index contributed by atoms with van der Waals surface area (Å²) in [6.07, 6.45) is 0. The van der Waals surface area contributed by atoms with Gasteiger partial charge in [-0.2, -0.15) is 0 Å². The molecule has 0 unspecified atom stereocenters. The van der Waals surface area contributed by atoms with Crippen LogP contribution in [0.2, 0.25) is 5.02 Å². The van der Waals surface area contributed by atoms with Gasteiger partial charge >= 0.3 is 0 Å². The van der Waals surface area contributed by atoms with Gasteiger partial charge in [0.25, 0.3) is 0 Å². The van der Waals surface area contributed by atoms with Gasteiger partial charge in [-0.1, -0.05) is 23.7 Å². The van der Waals surface area contributed by atoms with E-state index in [0.717, 1.165) is 23.7 Å². The van der Waals surface area contributed by atoms with Crippen molar-refractivity contribution in [2.45, 2.75) is 27.0 Å². The molecule has 2 aromatic rings. The highest BCUT2D eigenvalue weighted by Gasteiger charge is 2.09. The maximum Gasteiger partial charge on any atom is 0.0867 e. The molecule has 0 aliphatic rings. The standard InChI is InChI=1S/C13H16ClNO/c1-3-15-11(9-16-4-2)8-10-6-5-7-12(14)13(10)15/h5-8H,3-4,9H2,1-2H3. The van der Waals surface area contributed by atoms with Crippen molar-refractivity contribution < 1.29 is 4.74 Å². The van der Waals surface area contributed by atoms with Gasteiger partial charge in [-0.3, -0.25) is 0 Å². The molecule has 86 valence electrons. The number of hydrogen-bond donors (Lipinski definition) is 0. The van der Waals surface area contributed by atoms with Crippen LogP contribution in [-0.4, -0.2) is 11.2 Å². The summed E-state index contributed by atoms with van der Waals surface area (Å²) in [6.45, 7) is 6.42. The van der Waals surface area contributed by atoms with Crippen molar-refractivity contribution in [3.63, 3.8) is 0 Å². The molecule has 0 saturated heterocycles. The number of hydrogen-bond acceptors (Lipinski definition) is 1. The minimum Gasteiger partial charge on any atom is -0.376 e. The summed E-state index contributed by atoms with van der Waals surface area (Å²) in [5, 5.41) is 1.99. The Bertz CT molecular complexity index is 490. The van der Waals surface area contributed by atoms with Gasteiger partial charge in [0.1, 0.15) is 0 Å². The molecular weight excluding hydrogens is 222 g/mol. The molecular formula is C13H16ClNO. The normalized spacial score (nSPS) is 11.2. The van der Waals surface area contributed by atoms with Gasteiger partial charge < -0.3 is 9.30 Å². The maximum absolute atomic E-state index is 6.23. The maximum atomic E-state index is 6.23. The van der Waals surface area contributed by atoms with E-state index < -0.39 is 0 Å². The molecule has 0 fully saturated rings. The highest BCUT2D eigenvalue weighted by Crippen LogP contribution is 2.27. The molecule has 1 aromatic heterocycles. The first-order chi connectivity index (χ1) is 7.77. The molecule has 0 bridgehead atoms. The second-order valence-electron chi connectivity index (χ2n) is 3.69. The highest BCUT2D eigenvalue weighted by atomic mass is 35.5. The summed E-state index contributed by atoms with van der Waals surface area (Å²) in [7, 11) is 0. The molecule has 0 radical (unpaired) electrons. The Morgan fingerprint density at radius 1 is 1.31 bits per heavy atom. The molecule has 0 saturated carbocycles. The van der Waals surface area contributed by atoms with E-state index in [-0.39, 0.29) is 0 Å². The van der Waals surface area contributed by atoms with Crippen LogP contribution in [-0.2, 0) is 17.9 Å². The van der Waals surface area contributed by atoms with E-state index in [4.69, 9.17) is 16.3 Å². The largest absolute Gasteiger partial charge is 0.376 e. The lowest BCUT2D eigenvalue weighted by Crippen LogP contribution is -2.02. The third-order valence-corrected chi connectivity index (χ3v) is 3.03. The van der Waals surface area contributed by atoms with Crippen LogP contribution >= 0.6 is 11.6 Å². The average molecular weight is 238 g/mol. The van der Waals surface area contributed by atoms with Gasteiger partial charge in [-0.15, -0.1) is 0 Å². The summed E-state index contributed by atoms with van der Waals surface area (Å²) in [5.41, 5.74) is 2.30. The summed E-state index contributed by atoms with van der Waals surface area (Å²) >= 11 is 6.23. The fraction of sp³-hybridized carbons (Fsp3) is 0.385. The number of fused-ring (bicyclic) bond motifs is 1. The number of nitrogens with zero attached hydrogens (tertiary/aromatic N) is 1. The molecule has 0 N–H and O–H groups in total. The first-order valence-corrected chi connectivity index (χ1v) is 6.00. The predicted molar refractivity (Wildman–Crippen MR) is 68.0 cm³/mol.